The number of hydrogen-bond donors (Lipinski definition) is 0. The molecule has 1 rings (SSSR count). The van der Waals surface area contributed by atoms with Gasteiger partial charge in [-0.2, -0.15) is 0 Å². The van der Waals surface area contributed by atoms with Gasteiger partial charge in [-0.25, -0.2) is 4.79 Å². The Balaban J connectivity index is 2.40. The van der Waals surface area contributed by atoms with E-state index in [1.165, 1.54) is 0 Å². The summed E-state index contributed by atoms with van der Waals surface area (Å²) in [6.07, 6.45) is 2.53. The molecule has 0 aliphatic carbocycles. The van der Waals surface area contributed by atoms with Gasteiger partial charge in [0.05, 0.1) is 0 Å². The number of amides is 3. The number of piperidine rings is 1. The van der Waals surface area contributed by atoms with Gasteiger partial charge in [0, 0.05) is 46.2 Å². The number of carbonyl (C=O) groups excluding carboxylic acids is 2. The number of nitrogens with zero attached hydrogens (tertiary/aromatic N) is 3. The molecule has 0 aromatic heterocycles. The molecule has 0 radical (unpaired) electrons. The Morgan fingerprint density at radius 2 is 1.75 bits per heavy atom. The lowest BCUT2D eigenvalue weighted by Crippen LogP contribution is -2.48. The molecule has 0 aromatic rings. The molecule has 20 heavy (non-hydrogen) atoms. The molecule has 0 spiro atoms. The summed E-state index contributed by atoms with van der Waals surface area (Å²) in [7, 11) is 3.72. The Bertz CT molecular complexity index is 336. The third kappa shape index (κ3) is 4.39. The molecule has 3 amide bonds. The molecule has 1 aliphatic heterocycles. The summed E-state index contributed by atoms with van der Waals surface area (Å²) in [4.78, 5) is 29.3. The molecule has 0 N–H and O–H groups in total. The smallest absolute Gasteiger partial charge is 0.319 e. The minimum Gasteiger partial charge on any atom is -0.345 e. The molecule has 5 heteroatoms. The highest BCUT2D eigenvalue weighted by molar-refractivity contribution is 5.75. The van der Waals surface area contributed by atoms with Crippen LogP contribution in [0.15, 0.2) is 0 Å². The van der Waals surface area contributed by atoms with Crippen LogP contribution in [0.3, 0.4) is 0 Å². The van der Waals surface area contributed by atoms with Crippen LogP contribution >= 0.6 is 0 Å². The Morgan fingerprint density at radius 3 is 2.20 bits per heavy atom. The predicted octanol–water partition coefficient (Wildman–Crippen LogP) is 2.03. The van der Waals surface area contributed by atoms with Crippen LogP contribution in [0.4, 0.5) is 4.79 Å². The van der Waals surface area contributed by atoms with Gasteiger partial charge in [-0.05, 0) is 32.6 Å². The lowest BCUT2D eigenvalue weighted by Gasteiger charge is -2.36. The third-order valence-electron chi connectivity index (χ3n) is 4.22. The summed E-state index contributed by atoms with van der Waals surface area (Å²) in [5, 5.41) is 0. The first kappa shape index (κ1) is 16.8. The molecule has 0 unspecified atom stereocenters. The van der Waals surface area contributed by atoms with Gasteiger partial charge in [0.25, 0.3) is 0 Å². The number of likely N-dealkylation sites (tertiary alicyclic amines) is 1. The Hall–Kier alpha value is -1.26. The van der Waals surface area contributed by atoms with Crippen molar-refractivity contribution >= 4 is 11.9 Å². The van der Waals surface area contributed by atoms with Gasteiger partial charge in [-0.15, -0.1) is 0 Å². The lowest BCUT2D eigenvalue weighted by molar-refractivity contribution is -0.130. The Labute approximate surface area is 122 Å². The van der Waals surface area contributed by atoms with Gasteiger partial charge in [-0.1, -0.05) is 6.92 Å². The van der Waals surface area contributed by atoms with Crippen molar-refractivity contribution in [2.45, 2.75) is 46.1 Å². The van der Waals surface area contributed by atoms with Crippen molar-refractivity contribution in [2.75, 3.05) is 33.7 Å². The number of carbonyl (C=O) groups is 2. The third-order valence-corrected chi connectivity index (χ3v) is 4.22. The van der Waals surface area contributed by atoms with Gasteiger partial charge in [-0.3, -0.25) is 4.79 Å². The normalized spacial score (nSPS) is 16.4. The van der Waals surface area contributed by atoms with E-state index in [0.29, 0.717) is 12.3 Å². The predicted molar refractivity (Wildman–Crippen MR) is 80.5 cm³/mol. The van der Waals surface area contributed by atoms with Gasteiger partial charge < -0.3 is 14.7 Å². The average molecular weight is 283 g/mol. The molecule has 1 fully saturated rings. The number of rotatable bonds is 4. The van der Waals surface area contributed by atoms with Crippen LogP contribution in [-0.4, -0.2) is 66.4 Å². The highest BCUT2D eigenvalue weighted by Crippen LogP contribution is 2.19. The zero-order valence-electron chi connectivity index (χ0n) is 13.6. The van der Waals surface area contributed by atoms with Gasteiger partial charge in [0.15, 0.2) is 0 Å². The molecule has 116 valence electrons. The van der Waals surface area contributed by atoms with E-state index in [0.717, 1.165) is 32.5 Å². The van der Waals surface area contributed by atoms with Crippen LogP contribution in [0.2, 0.25) is 0 Å². The van der Waals surface area contributed by atoms with Crippen molar-refractivity contribution in [1.82, 2.24) is 14.7 Å². The van der Waals surface area contributed by atoms with E-state index in [2.05, 4.69) is 0 Å². The van der Waals surface area contributed by atoms with Crippen molar-refractivity contribution in [3.05, 3.63) is 0 Å². The number of hydrogen-bond acceptors (Lipinski definition) is 2. The standard InChI is InChI=1S/C15H29N3O2/c1-6-14(19)16(4)11-13-7-9-18(10-8-13)15(20)17(5)12(2)3/h12-13H,6-11H2,1-5H3. The molecule has 1 heterocycles. The van der Waals surface area contributed by atoms with Crippen molar-refractivity contribution < 1.29 is 9.59 Å². The maximum Gasteiger partial charge on any atom is 0.319 e. The van der Waals surface area contributed by atoms with Crippen LogP contribution < -0.4 is 0 Å². The SMILES string of the molecule is CCC(=O)N(C)CC1CCN(C(=O)N(C)C(C)C)CC1. The second kappa shape index (κ2) is 7.50. The Morgan fingerprint density at radius 1 is 1.20 bits per heavy atom. The molecule has 0 saturated carbocycles. The largest absolute Gasteiger partial charge is 0.345 e. The average Bonchev–Trinajstić information content (AvgIpc) is 2.45. The molecular weight excluding hydrogens is 254 g/mol. The first-order valence-corrected chi connectivity index (χ1v) is 7.62. The summed E-state index contributed by atoms with van der Waals surface area (Å²) in [5.74, 6) is 0.715. The van der Waals surface area contributed by atoms with E-state index in [1.54, 1.807) is 4.90 Å². The molecule has 0 atom stereocenters. The molecule has 5 nitrogen and oxygen atoms in total. The van der Waals surface area contributed by atoms with Crippen LogP contribution in [0.25, 0.3) is 0 Å². The zero-order chi connectivity index (χ0) is 15.3. The second-order valence-corrected chi connectivity index (χ2v) is 6.05. The van der Waals surface area contributed by atoms with Crippen molar-refractivity contribution in [2.24, 2.45) is 5.92 Å². The van der Waals surface area contributed by atoms with Crippen LogP contribution in [0.5, 0.6) is 0 Å². The van der Waals surface area contributed by atoms with Crippen LogP contribution in [0, 0.1) is 5.92 Å². The summed E-state index contributed by atoms with van der Waals surface area (Å²) >= 11 is 0. The van der Waals surface area contributed by atoms with Crippen LogP contribution in [-0.2, 0) is 4.79 Å². The summed E-state index contributed by atoms with van der Waals surface area (Å²) in [6, 6.07) is 0.352. The number of urea groups is 1. The fourth-order valence-electron chi connectivity index (χ4n) is 2.51. The first-order chi connectivity index (χ1) is 9.36. The maximum atomic E-state index is 12.2. The second-order valence-electron chi connectivity index (χ2n) is 6.05. The summed E-state index contributed by atoms with van der Waals surface area (Å²) in [5.41, 5.74) is 0. The van der Waals surface area contributed by atoms with Crippen molar-refractivity contribution in [3.8, 4) is 0 Å². The monoisotopic (exact) mass is 283 g/mol. The fourth-order valence-corrected chi connectivity index (χ4v) is 2.51. The van der Waals surface area contributed by atoms with Gasteiger partial charge in [0.2, 0.25) is 5.91 Å². The quantitative estimate of drug-likeness (QED) is 0.792. The van der Waals surface area contributed by atoms with Crippen molar-refractivity contribution in [3.63, 3.8) is 0 Å². The van der Waals surface area contributed by atoms with E-state index in [4.69, 9.17) is 0 Å². The molecule has 0 bridgehead atoms. The summed E-state index contributed by atoms with van der Waals surface area (Å²) < 4.78 is 0. The van der Waals surface area contributed by atoms with E-state index < -0.39 is 0 Å². The van der Waals surface area contributed by atoms with E-state index in [-0.39, 0.29) is 18.0 Å². The molecule has 1 saturated heterocycles. The van der Waals surface area contributed by atoms with E-state index >= 15 is 0 Å². The van der Waals surface area contributed by atoms with Crippen molar-refractivity contribution in [1.29, 1.82) is 0 Å². The first-order valence-electron chi connectivity index (χ1n) is 7.62. The van der Waals surface area contributed by atoms with Gasteiger partial charge in [0.1, 0.15) is 0 Å². The van der Waals surface area contributed by atoms with E-state index in [1.807, 2.05) is 44.7 Å². The fraction of sp³-hybridized carbons (Fsp3) is 0.867. The molecular formula is C15H29N3O2. The minimum absolute atomic E-state index is 0.122. The maximum absolute atomic E-state index is 12.2. The Kier molecular flexibility index (Phi) is 6.30. The highest BCUT2D eigenvalue weighted by Gasteiger charge is 2.26. The zero-order valence-corrected chi connectivity index (χ0v) is 13.6. The van der Waals surface area contributed by atoms with Crippen LogP contribution in [0.1, 0.15) is 40.0 Å². The van der Waals surface area contributed by atoms with E-state index in [9.17, 15) is 9.59 Å². The lowest BCUT2D eigenvalue weighted by atomic mass is 9.96. The van der Waals surface area contributed by atoms with Gasteiger partial charge >= 0.3 is 6.03 Å². The molecule has 1 aliphatic rings. The topological polar surface area (TPSA) is 43.9 Å². The minimum atomic E-state index is 0.122. The molecule has 0 aromatic carbocycles. The highest BCUT2D eigenvalue weighted by atomic mass is 16.2. The summed E-state index contributed by atoms with van der Waals surface area (Å²) in [6.45, 7) is 8.35.